The minimum Gasteiger partial charge on any atom is -0.309 e. The van der Waals surface area contributed by atoms with E-state index in [1.165, 1.54) is 0 Å². The van der Waals surface area contributed by atoms with Crippen LogP contribution in [0.4, 0.5) is 0 Å². The van der Waals surface area contributed by atoms with Crippen molar-refractivity contribution in [3.63, 3.8) is 0 Å². The quantitative estimate of drug-likeness (QED) is 0.0425. The van der Waals surface area contributed by atoms with Crippen molar-refractivity contribution >= 4 is 118 Å². The molecule has 12 aromatic carbocycles. The van der Waals surface area contributed by atoms with Crippen LogP contribution in [-0.2, 0) is 54.2 Å². The molecule has 12 rings (SSSR count). The second-order valence-corrected chi connectivity index (χ2v) is 29.0. The van der Waals surface area contributed by atoms with Gasteiger partial charge in [-0.3, -0.25) is 13.7 Å². The third kappa shape index (κ3) is 11.8. The molecule has 0 atom stereocenters. The SMILES string of the molecule is O=P(c1cc(CCCS(=O)(=O)O)cc(-c2c3ccccc3cc3ccccc23)c1)(c1cc(CCCS(=O)(=O)O)cc(-c2c3ccccc3cc3ccccc23)c1)c1cc(CCCS(=O)(=O)O)cc(-c2c3ccccc3cc3ccccc23)c1. The molecule has 0 bridgehead atoms. The van der Waals surface area contributed by atoms with Gasteiger partial charge < -0.3 is 4.57 Å². The fourth-order valence-electron chi connectivity index (χ4n) is 12.2. The molecule has 0 unspecified atom stereocenters. The first kappa shape index (κ1) is 55.7. The van der Waals surface area contributed by atoms with Gasteiger partial charge in [0.1, 0.15) is 0 Å². The maximum atomic E-state index is 18.5. The van der Waals surface area contributed by atoms with E-state index in [1.807, 2.05) is 164 Å². The summed E-state index contributed by atoms with van der Waals surface area (Å²) in [5, 5.41) is 12.6. The number of aryl methyl sites for hydroxylation is 3. The van der Waals surface area contributed by atoms with Crippen LogP contribution in [0.15, 0.2) is 218 Å². The summed E-state index contributed by atoms with van der Waals surface area (Å²) < 4.78 is 123. The lowest BCUT2D eigenvalue weighted by atomic mass is 9.91. The Morgan fingerprint density at radius 2 is 0.506 bits per heavy atom. The van der Waals surface area contributed by atoms with Crippen LogP contribution in [0.5, 0.6) is 0 Å². The summed E-state index contributed by atoms with van der Waals surface area (Å²) >= 11 is 0. The van der Waals surface area contributed by atoms with Crippen molar-refractivity contribution in [1.82, 2.24) is 0 Å². The van der Waals surface area contributed by atoms with E-state index in [4.69, 9.17) is 0 Å². The zero-order chi connectivity index (χ0) is 57.7. The molecule has 0 spiro atoms. The first-order valence-corrected chi connectivity index (χ1v) is 34.0. The maximum absolute atomic E-state index is 18.5. The third-order valence-corrected chi connectivity index (χ3v) is 21.2. The summed E-state index contributed by atoms with van der Waals surface area (Å²) in [5.74, 6) is -1.53. The molecule has 83 heavy (non-hydrogen) atoms. The molecule has 14 heteroatoms. The summed E-state index contributed by atoms with van der Waals surface area (Å²) in [6.07, 6.45) is 0.668. The molecule has 0 heterocycles. The lowest BCUT2D eigenvalue weighted by Gasteiger charge is -2.26. The van der Waals surface area contributed by atoms with E-state index < -0.39 is 54.8 Å². The Balaban J connectivity index is 1.22. The second kappa shape index (κ2) is 22.4. The molecule has 12 aromatic rings. The summed E-state index contributed by atoms with van der Waals surface area (Å²) in [6.45, 7) is 0. The monoisotopic (exact) mass is 1170 g/mol. The van der Waals surface area contributed by atoms with Crippen LogP contribution >= 0.6 is 7.14 Å². The molecule has 0 aliphatic heterocycles. The van der Waals surface area contributed by atoms with E-state index in [-0.39, 0.29) is 38.5 Å². The maximum Gasteiger partial charge on any atom is 0.264 e. The number of hydrogen-bond acceptors (Lipinski definition) is 7. The molecule has 0 radical (unpaired) electrons. The summed E-state index contributed by atoms with van der Waals surface area (Å²) in [7, 11) is -17.5. The number of benzene rings is 12. The Kier molecular flexibility index (Phi) is 15.0. The van der Waals surface area contributed by atoms with Crippen LogP contribution in [0, 0.1) is 0 Å². The second-order valence-electron chi connectivity index (χ2n) is 21.5. The standard InChI is InChI=1S/C69H57O10PS3/c70-80(58-37-46(16-13-31-81(71,72)73)34-55(43-58)67-61-25-7-1-19-49(61)40-50-20-2-8-26-62(50)67,59-38-47(17-14-32-82(74,75)76)35-56(44-59)68-63-27-9-3-21-51(63)41-52-22-4-10-28-64(52)68)60-39-48(18-15-33-83(77,78)79)36-57(45-60)69-65-29-11-5-23-53(65)42-54-24-6-12-30-66(54)69/h1-12,19-30,34-45H,13-18,31-33H2,(H,71,72,73)(H,74,75,76)(H,77,78,79). The first-order valence-electron chi connectivity index (χ1n) is 27.5. The van der Waals surface area contributed by atoms with Crippen molar-refractivity contribution in [3.8, 4) is 33.4 Å². The van der Waals surface area contributed by atoms with Gasteiger partial charge in [-0.1, -0.05) is 164 Å². The Morgan fingerprint density at radius 1 is 0.289 bits per heavy atom. The molecule has 0 amide bonds. The van der Waals surface area contributed by atoms with Gasteiger partial charge >= 0.3 is 0 Å². The van der Waals surface area contributed by atoms with E-state index in [0.29, 0.717) is 49.3 Å². The minimum absolute atomic E-state index is 0.0470. The minimum atomic E-state index is -4.37. The Hall–Kier alpha value is -7.84. The zero-order valence-electron chi connectivity index (χ0n) is 45.0. The van der Waals surface area contributed by atoms with Gasteiger partial charge in [0.05, 0.1) is 17.3 Å². The smallest absolute Gasteiger partial charge is 0.264 e. The molecule has 0 aliphatic carbocycles. The number of fused-ring (bicyclic) bond motifs is 6. The average Bonchev–Trinajstić information content (AvgIpc) is 2.69. The summed E-state index contributed by atoms with van der Waals surface area (Å²) in [6, 6.07) is 72.2. The molecule has 10 nitrogen and oxygen atoms in total. The number of rotatable bonds is 18. The van der Waals surface area contributed by atoms with Gasteiger partial charge in [0.15, 0.2) is 7.14 Å². The van der Waals surface area contributed by atoms with Crippen molar-refractivity contribution in [2.45, 2.75) is 38.5 Å². The van der Waals surface area contributed by atoms with Gasteiger partial charge in [0, 0.05) is 15.9 Å². The lowest BCUT2D eigenvalue weighted by Crippen LogP contribution is -2.27. The van der Waals surface area contributed by atoms with Gasteiger partial charge in [-0.2, -0.15) is 25.3 Å². The highest BCUT2D eigenvalue weighted by Crippen LogP contribution is 2.49. The van der Waals surface area contributed by atoms with Crippen molar-refractivity contribution in [1.29, 1.82) is 0 Å². The van der Waals surface area contributed by atoms with Gasteiger partial charge in [0.2, 0.25) is 0 Å². The van der Waals surface area contributed by atoms with Crippen molar-refractivity contribution < 1.29 is 43.5 Å². The number of hydrogen-bond donors (Lipinski definition) is 3. The molecule has 0 aliphatic rings. The van der Waals surface area contributed by atoms with Gasteiger partial charge in [-0.25, -0.2) is 0 Å². The lowest BCUT2D eigenvalue weighted by molar-refractivity contribution is 0.479. The van der Waals surface area contributed by atoms with E-state index in [9.17, 15) is 38.9 Å². The van der Waals surface area contributed by atoms with Crippen molar-refractivity contribution in [2.24, 2.45) is 0 Å². The topological polar surface area (TPSA) is 180 Å². The van der Waals surface area contributed by atoms with Crippen LogP contribution in [0.3, 0.4) is 0 Å². The van der Waals surface area contributed by atoms with Crippen LogP contribution in [0.1, 0.15) is 36.0 Å². The predicted molar refractivity (Wildman–Crippen MR) is 341 cm³/mol. The molecular weight excluding hydrogens is 1120 g/mol. The van der Waals surface area contributed by atoms with E-state index in [2.05, 4.69) is 54.6 Å². The molecule has 0 saturated carbocycles. The molecule has 0 saturated heterocycles. The van der Waals surface area contributed by atoms with Gasteiger partial charge in [-0.05, 0) is 208 Å². The highest BCUT2D eigenvalue weighted by atomic mass is 32.2. The van der Waals surface area contributed by atoms with Crippen LogP contribution in [-0.4, -0.2) is 56.2 Å². The fourth-order valence-corrected chi connectivity index (χ4v) is 16.7. The largest absolute Gasteiger partial charge is 0.309 e. The van der Waals surface area contributed by atoms with Crippen molar-refractivity contribution in [3.05, 3.63) is 235 Å². The molecular formula is C69H57O10PS3. The van der Waals surface area contributed by atoms with Gasteiger partial charge in [-0.15, -0.1) is 0 Å². The normalized spacial score (nSPS) is 12.6. The third-order valence-electron chi connectivity index (χ3n) is 15.8. The van der Waals surface area contributed by atoms with Crippen molar-refractivity contribution in [2.75, 3.05) is 17.3 Å². The summed E-state index contributed by atoms with van der Waals surface area (Å²) in [4.78, 5) is 0. The Labute approximate surface area is 482 Å². The van der Waals surface area contributed by atoms with E-state index >= 15 is 4.57 Å². The molecule has 0 aromatic heterocycles. The fraction of sp³-hybridized carbons (Fsp3) is 0.130. The van der Waals surface area contributed by atoms with Gasteiger partial charge in [0.25, 0.3) is 30.4 Å². The first-order chi connectivity index (χ1) is 39.8. The predicted octanol–water partition coefficient (Wildman–Crippen LogP) is 14.7. The van der Waals surface area contributed by atoms with E-state index in [0.717, 1.165) is 81.3 Å². The Bertz CT molecular complexity index is 4320. The van der Waals surface area contributed by atoms with E-state index in [1.54, 1.807) is 0 Å². The van der Waals surface area contributed by atoms with Crippen LogP contribution < -0.4 is 15.9 Å². The zero-order valence-corrected chi connectivity index (χ0v) is 48.4. The molecule has 416 valence electrons. The van der Waals surface area contributed by atoms with Crippen LogP contribution in [0.2, 0.25) is 0 Å². The highest BCUT2D eigenvalue weighted by molar-refractivity contribution is 7.86. The molecule has 3 N–H and O–H groups in total. The average molecular weight is 1170 g/mol. The summed E-state index contributed by atoms with van der Waals surface area (Å²) in [5.41, 5.74) is 6.73. The van der Waals surface area contributed by atoms with Crippen LogP contribution in [0.25, 0.3) is 98.0 Å². The Morgan fingerprint density at radius 3 is 0.723 bits per heavy atom. The highest BCUT2D eigenvalue weighted by Gasteiger charge is 2.34. The molecule has 0 fully saturated rings.